The van der Waals surface area contributed by atoms with Crippen molar-refractivity contribution in [1.82, 2.24) is 0 Å². The van der Waals surface area contributed by atoms with Crippen LogP contribution in [0.1, 0.15) is 43.5 Å². The third kappa shape index (κ3) is 2.56. The average molecular weight is 327 g/mol. The fraction of sp³-hybridized carbons (Fsp3) is 0.533. The lowest BCUT2D eigenvalue weighted by Crippen LogP contribution is -2.52. The molecule has 0 aromatic heterocycles. The van der Waals surface area contributed by atoms with Gasteiger partial charge in [-0.3, -0.25) is 4.79 Å². The van der Waals surface area contributed by atoms with Gasteiger partial charge < -0.3 is 9.84 Å². The maximum absolute atomic E-state index is 12.5. The number of rotatable bonds is 4. The Hall–Kier alpha value is -0.870. The Labute approximate surface area is 122 Å². The summed E-state index contributed by atoms with van der Waals surface area (Å²) in [4.78, 5) is 12.5. The number of Topliss-reactive ketones (excluding diaryl/α,β-unsaturated/α-hetero) is 1. The Morgan fingerprint density at radius 2 is 2.21 bits per heavy atom. The number of benzene rings is 1. The summed E-state index contributed by atoms with van der Waals surface area (Å²) in [6.07, 6.45) is 2.64. The normalized spacial score (nSPS) is 25.9. The van der Waals surface area contributed by atoms with Crippen molar-refractivity contribution < 1.29 is 14.6 Å². The number of ketones is 1. The van der Waals surface area contributed by atoms with Crippen LogP contribution in [0.4, 0.5) is 0 Å². The monoisotopic (exact) mass is 326 g/mol. The topological polar surface area (TPSA) is 46.5 Å². The van der Waals surface area contributed by atoms with Gasteiger partial charge in [-0.05, 0) is 31.0 Å². The van der Waals surface area contributed by atoms with Crippen molar-refractivity contribution >= 4 is 21.7 Å². The van der Waals surface area contributed by atoms with Crippen molar-refractivity contribution in [2.45, 2.75) is 38.7 Å². The zero-order valence-corrected chi connectivity index (χ0v) is 12.9. The molecule has 1 aromatic carbocycles. The molecule has 4 heteroatoms. The smallest absolute Gasteiger partial charge is 0.173 e. The highest BCUT2D eigenvalue weighted by Gasteiger charge is 2.46. The van der Waals surface area contributed by atoms with Crippen LogP contribution in [0.25, 0.3) is 0 Å². The van der Waals surface area contributed by atoms with E-state index in [1.165, 1.54) is 0 Å². The summed E-state index contributed by atoms with van der Waals surface area (Å²) >= 11 is 3.37. The first-order valence-electron chi connectivity index (χ1n) is 6.67. The number of hydrogen-bond acceptors (Lipinski definition) is 3. The first-order chi connectivity index (χ1) is 9.04. The molecule has 1 aliphatic rings. The van der Waals surface area contributed by atoms with Gasteiger partial charge in [-0.25, -0.2) is 0 Å². The van der Waals surface area contributed by atoms with E-state index >= 15 is 0 Å². The second-order valence-electron chi connectivity index (χ2n) is 5.15. The average Bonchev–Trinajstić information content (AvgIpc) is 2.42. The second kappa shape index (κ2) is 5.63. The summed E-state index contributed by atoms with van der Waals surface area (Å²) in [6, 6.07) is 5.43. The maximum atomic E-state index is 12.5. The molecule has 0 aliphatic carbocycles. The van der Waals surface area contributed by atoms with Gasteiger partial charge in [0, 0.05) is 4.47 Å². The fourth-order valence-electron chi connectivity index (χ4n) is 2.56. The minimum atomic E-state index is -0.770. The van der Waals surface area contributed by atoms with Crippen molar-refractivity contribution in [1.29, 1.82) is 0 Å². The highest BCUT2D eigenvalue weighted by Crippen LogP contribution is 2.40. The van der Waals surface area contributed by atoms with E-state index < -0.39 is 5.60 Å². The van der Waals surface area contributed by atoms with Crippen LogP contribution < -0.4 is 4.74 Å². The van der Waals surface area contributed by atoms with E-state index in [-0.39, 0.29) is 18.3 Å². The van der Waals surface area contributed by atoms with Crippen LogP contribution in [0, 0.1) is 5.92 Å². The van der Waals surface area contributed by atoms with Gasteiger partial charge in [0.15, 0.2) is 5.78 Å². The minimum absolute atomic E-state index is 0.0488. The number of hydrogen-bond donors (Lipinski definition) is 1. The zero-order valence-electron chi connectivity index (χ0n) is 11.3. The molecule has 19 heavy (non-hydrogen) atoms. The minimum Gasteiger partial charge on any atom is -0.483 e. The van der Waals surface area contributed by atoms with Crippen LogP contribution in [0.3, 0.4) is 0 Å². The molecule has 0 saturated carbocycles. The number of carbonyl (C=O) groups excluding carboxylic acids is 1. The molecule has 3 nitrogen and oxygen atoms in total. The highest BCUT2D eigenvalue weighted by atomic mass is 79.9. The van der Waals surface area contributed by atoms with Gasteiger partial charge in [0.1, 0.15) is 11.4 Å². The largest absolute Gasteiger partial charge is 0.483 e. The van der Waals surface area contributed by atoms with Crippen molar-refractivity contribution in [3.63, 3.8) is 0 Å². The molecule has 0 bridgehead atoms. The highest BCUT2D eigenvalue weighted by molar-refractivity contribution is 9.10. The molecule has 1 N–H and O–H groups in total. The van der Waals surface area contributed by atoms with Gasteiger partial charge in [-0.2, -0.15) is 0 Å². The van der Waals surface area contributed by atoms with Crippen molar-refractivity contribution in [3.8, 4) is 5.75 Å². The lowest BCUT2D eigenvalue weighted by Gasteiger charge is -2.41. The molecule has 0 saturated heterocycles. The number of aliphatic hydroxyl groups is 1. The van der Waals surface area contributed by atoms with Crippen molar-refractivity contribution in [2.24, 2.45) is 5.92 Å². The van der Waals surface area contributed by atoms with E-state index in [1.807, 2.05) is 13.0 Å². The molecule has 2 rings (SSSR count). The fourth-order valence-corrected chi connectivity index (χ4v) is 2.92. The van der Waals surface area contributed by atoms with Gasteiger partial charge in [-0.15, -0.1) is 0 Å². The Kier molecular flexibility index (Phi) is 4.31. The lowest BCUT2D eigenvalue weighted by atomic mass is 9.78. The van der Waals surface area contributed by atoms with E-state index in [9.17, 15) is 9.90 Å². The Balaban J connectivity index is 2.41. The Morgan fingerprint density at radius 3 is 2.84 bits per heavy atom. The number of ether oxygens (including phenoxy) is 1. The molecule has 1 aliphatic heterocycles. The Morgan fingerprint density at radius 1 is 1.47 bits per heavy atom. The van der Waals surface area contributed by atoms with E-state index in [1.54, 1.807) is 12.1 Å². The molecular weight excluding hydrogens is 308 g/mol. The van der Waals surface area contributed by atoms with Gasteiger partial charge in [0.2, 0.25) is 0 Å². The number of unbranched alkanes of at least 4 members (excludes halogenated alkanes) is 1. The summed E-state index contributed by atoms with van der Waals surface area (Å²) in [5.74, 6) is 0.301. The van der Waals surface area contributed by atoms with Crippen LogP contribution in [-0.4, -0.2) is 23.1 Å². The van der Waals surface area contributed by atoms with Crippen LogP contribution in [0.5, 0.6) is 5.75 Å². The van der Waals surface area contributed by atoms with Gasteiger partial charge >= 0.3 is 0 Å². The molecule has 104 valence electrons. The molecule has 0 radical (unpaired) electrons. The number of halogens is 1. The third-order valence-electron chi connectivity index (χ3n) is 3.92. The number of carbonyl (C=O) groups is 1. The summed E-state index contributed by atoms with van der Waals surface area (Å²) in [6.45, 7) is 3.80. The first-order valence-corrected chi connectivity index (χ1v) is 7.47. The predicted octanol–water partition coefficient (Wildman–Crippen LogP) is 3.58. The second-order valence-corrected chi connectivity index (χ2v) is 6.07. The standard InChI is InChI=1S/C15H19BrO3/c1-3-4-7-15(9-17)10(2)14(18)12-8-11(16)5-6-13(12)19-15/h5-6,8,10,17H,3-4,7,9H2,1-2H3. The Bertz CT molecular complexity index is 486. The molecule has 2 atom stereocenters. The van der Waals surface area contributed by atoms with Gasteiger partial charge in [-0.1, -0.05) is 36.2 Å². The molecule has 0 amide bonds. The molecular formula is C15H19BrO3. The van der Waals surface area contributed by atoms with Crippen LogP contribution in [0.15, 0.2) is 22.7 Å². The van der Waals surface area contributed by atoms with Gasteiger partial charge in [0.25, 0.3) is 0 Å². The molecule has 0 fully saturated rings. The lowest BCUT2D eigenvalue weighted by molar-refractivity contribution is -0.0409. The maximum Gasteiger partial charge on any atom is 0.173 e. The molecule has 2 unspecified atom stereocenters. The number of fused-ring (bicyclic) bond motifs is 1. The third-order valence-corrected chi connectivity index (χ3v) is 4.42. The molecule has 1 heterocycles. The summed E-state index contributed by atoms with van der Waals surface area (Å²) in [5, 5.41) is 9.75. The van der Waals surface area contributed by atoms with Crippen molar-refractivity contribution in [2.75, 3.05) is 6.61 Å². The predicted molar refractivity (Wildman–Crippen MR) is 77.6 cm³/mol. The van der Waals surface area contributed by atoms with Crippen LogP contribution in [-0.2, 0) is 0 Å². The SMILES string of the molecule is CCCCC1(CO)Oc2ccc(Br)cc2C(=O)C1C. The van der Waals surface area contributed by atoms with Crippen LogP contribution in [0.2, 0.25) is 0 Å². The number of aliphatic hydroxyl groups excluding tert-OH is 1. The van der Waals surface area contributed by atoms with E-state index in [2.05, 4.69) is 22.9 Å². The van der Waals surface area contributed by atoms with E-state index in [0.717, 1.165) is 17.3 Å². The van der Waals surface area contributed by atoms with E-state index in [4.69, 9.17) is 4.74 Å². The van der Waals surface area contributed by atoms with Crippen LogP contribution >= 0.6 is 15.9 Å². The molecule has 1 aromatic rings. The van der Waals surface area contributed by atoms with Gasteiger partial charge in [0.05, 0.1) is 18.1 Å². The first kappa shape index (κ1) is 14.5. The zero-order chi connectivity index (χ0) is 14.0. The van der Waals surface area contributed by atoms with Crippen molar-refractivity contribution in [3.05, 3.63) is 28.2 Å². The summed E-state index contributed by atoms with van der Waals surface area (Å²) in [7, 11) is 0. The summed E-state index contributed by atoms with van der Waals surface area (Å²) in [5.41, 5.74) is -0.170. The summed E-state index contributed by atoms with van der Waals surface area (Å²) < 4.78 is 6.88. The molecule has 0 spiro atoms. The van der Waals surface area contributed by atoms with E-state index in [0.29, 0.717) is 17.7 Å². The quantitative estimate of drug-likeness (QED) is 0.919.